The fraction of sp³-hybridized carbons (Fsp3) is 0.111. The Morgan fingerprint density at radius 1 is 0.879 bits per heavy atom. The molecule has 4 nitrogen and oxygen atoms in total. The molecule has 3 aromatic carbocycles. The number of fused-ring (bicyclic) bond motifs is 1. The molecule has 0 spiro atoms. The van der Waals surface area contributed by atoms with Gasteiger partial charge in [-0.05, 0) is 72.1 Å². The smallest absolute Gasteiger partial charge is 0.163 e. The van der Waals surface area contributed by atoms with Crippen molar-refractivity contribution >= 4 is 33.2 Å². The molecule has 33 heavy (non-hydrogen) atoms. The van der Waals surface area contributed by atoms with Crippen molar-refractivity contribution in [3.63, 3.8) is 0 Å². The lowest BCUT2D eigenvalue weighted by atomic mass is 10.0. The largest absolute Gasteiger partial charge is 0.489 e. The van der Waals surface area contributed by atoms with E-state index in [0.717, 1.165) is 61.0 Å². The molecule has 5 aromatic rings. The molecule has 0 saturated carbocycles. The number of hydrogen-bond donors (Lipinski definition) is 0. The second kappa shape index (κ2) is 9.38. The molecule has 2 aromatic heterocycles. The van der Waals surface area contributed by atoms with E-state index in [2.05, 4.69) is 52.1 Å². The summed E-state index contributed by atoms with van der Waals surface area (Å²) in [5.74, 6) is 0.810. The van der Waals surface area contributed by atoms with Crippen LogP contribution in [0.1, 0.15) is 18.2 Å². The first-order valence-corrected chi connectivity index (χ1v) is 11.9. The van der Waals surface area contributed by atoms with Gasteiger partial charge in [-0.25, -0.2) is 9.50 Å². The highest BCUT2D eigenvalue weighted by atomic mass is 79.9. The van der Waals surface area contributed by atoms with E-state index in [9.17, 15) is 0 Å². The zero-order valence-electron chi connectivity index (χ0n) is 18.0. The summed E-state index contributed by atoms with van der Waals surface area (Å²) in [6.07, 6.45) is 2.67. The van der Waals surface area contributed by atoms with Crippen LogP contribution in [0.15, 0.2) is 89.5 Å². The maximum atomic E-state index is 5.95. The third kappa shape index (κ3) is 4.52. The van der Waals surface area contributed by atoms with E-state index in [1.807, 2.05) is 65.3 Å². The van der Waals surface area contributed by atoms with Crippen LogP contribution in [-0.4, -0.2) is 14.6 Å². The molecule has 0 fully saturated rings. The van der Waals surface area contributed by atoms with Crippen molar-refractivity contribution in [1.29, 1.82) is 0 Å². The predicted octanol–water partition coefficient (Wildman–Crippen LogP) is 7.62. The van der Waals surface area contributed by atoms with E-state index in [1.165, 1.54) is 0 Å². The molecule has 0 atom stereocenters. The van der Waals surface area contributed by atoms with Crippen LogP contribution < -0.4 is 4.74 Å². The Labute approximate surface area is 206 Å². The standard InChI is InChI=1S/C27H21BrClN3O/c1-2-24-26(20-5-9-21(28)10-6-20)27-30-16-15-25(32(27)31-24)19-7-13-23(14-8-19)33-17-18-3-11-22(29)12-4-18/h3-16H,2,17H2,1H3. The van der Waals surface area contributed by atoms with Gasteiger partial charge >= 0.3 is 0 Å². The molecule has 0 radical (unpaired) electrons. The zero-order chi connectivity index (χ0) is 22.8. The van der Waals surface area contributed by atoms with Gasteiger partial charge in [0.15, 0.2) is 5.65 Å². The predicted molar refractivity (Wildman–Crippen MR) is 137 cm³/mol. The van der Waals surface area contributed by atoms with E-state index >= 15 is 0 Å². The van der Waals surface area contributed by atoms with Crippen LogP contribution in [0.4, 0.5) is 0 Å². The summed E-state index contributed by atoms with van der Waals surface area (Å²) < 4.78 is 8.93. The minimum Gasteiger partial charge on any atom is -0.489 e. The molecule has 0 unspecified atom stereocenters. The van der Waals surface area contributed by atoms with Crippen LogP contribution in [-0.2, 0) is 13.0 Å². The SMILES string of the molecule is CCc1nn2c(-c3ccc(OCc4ccc(Cl)cc4)cc3)ccnc2c1-c1ccc(Br)cc1. The van der Waals surface area contributed by atoms with Crippen molar-refractivity contribution in [2.45, 2.75) is 20.0 Å². The lowest BCUT2D eigenvalue weighted by Gasteiger charge is -2.09. The number of aromatic nitrogens is 3. The average molecular weight is 519 g/mol. The van der Waals surface area contributed by atoms with E-state index in [0.29, 0.717) is 6.61 Å². The summed E-state index contributed by atoms with van der Waals surface area (Å²) in [5, 5.41) is 5.63. The van der Waals surface area contributed by atoms with Gasteiger partial charge in [0.2, 0.25) is 0 Å². The van der Waals surface area contributed by atoms with Crippen LogP contribution in [0.3, 0.4) is 0 Å². The second-order valence-electron chi connectivity index (χ2n) is 7.69. The first-order valence-electron chi connectivity index (χ1n) is 10.7. The number of rotatable bonds is 6. The van der Waals surface area contributed by atoms with Gasteiger partial charge in [-0.15, -0.1) is 0 Å². The number of benzene rings is 3. The first-order chi connectivity index (χ1) is 16.1. The molecule has 5 rings (SSSR count). The number of hydrogen-bond acceptors (Lipinski definition) is 3. The normalized spacial score (nSPS) is 11.1. The molecular formula is C27H21BrClN3O. The third-order valence-corrected chi connectivity index (χ3v) is 6.31. The second-order valence-corrected chi connectivity index (χ2v) is 9.04. The zero-order valence-corrected chi connectivity index (χ0v) is 20.3. The highest BCUT2D eigenvalue weighted by Crippen LogP contribution is 2.32. The highest BCUT2D eigenvalue weighted by molar-refractivity contribution is 9.10. The molecule has 0 N–H and O–H groups in total. The van der Waals surface area contributed by atoms with E-state index in [1.54, 1.807) is 0 Å². The lowest BCUT2D eigenvalue weighted by molar-refractivity contribution is 0.306. The fourth-order valence-corrected chi connectivity index (χ4v) is 4.23. The maximum absolute atomic E-state index is 5.95. The van der Waals surface area contributed by atoms with Crippen molar-refractivity contribution in [2.24, 2.45) is 0 Å². The topological polar surface area (TPSA) is 39.4 Å². The van der Waals surface area contributed by atoms with Gasteiger partial charge in [0, 0.05) is 26.8 Å². The minimum absolute atomic E-state index is 0.492. The Kier molecular flexibility index (Phi) is 6.16. The Hall–Kier alpha value is -3.15. The lowest BCUT2D eigenvalue weighted by Crippen LogP contribution is -1.97. The van der Waals surface area contributed by atoms with Gasteiger partial charge in [-0.3, -0.25) is 0 Å². The van der Waals surface area contributed by atoms with Gasteiger partial charge in [-0.1, -0.05) is 58.7 Å². The number of halogens is 2. The summed E-state index contributed by atoms with van der Waals surface area (Å²) in [4.78, 5) is 4.68. The molecule has 2 heterocycles. The minimum atomic E-state index is 0.492. The average Bonchev–Trinajstić information content (AvgIpc) is 3.23. The molecule has 0 aliphatic carbocycles. The van der Waals surface area contributed by atoms with E-state index in [-0.39, 0.29) is 0 Å². The van der Waals surface area contributed by atoms with Crippen LogP contribution in [0.5, 0.6) is 5.75 Å². The van der Waals surface area contributed by atoms with Gasteiger partial charge in [0.25, 0.3) is 0 Å². The molecule has 0 amide bonds. The van der Waals surface area contributed by atoms with Crippen molar-refractivity contribution in [3.05, 3.63) is 106 Å². The van der Waals surface area contributed by atoms with Crippen LogP contribution in [0.25, 0.3) is 28.0 Å². The summed E-state index contributed by atoms with van der Waals surface area (Å²) in [6.45, 7) is 2.61. The third-order valence-electron chi connectivity index (χ3n) is 5.53. The van der Waals surface area contributed by atoms with Gasteiger partial charge in [-0.2, -0.15) is 5.10 Å². The van der Waals surface area contributed by atoms with E-state index in [4.69, 9.17) is 21.4 Å². The van der Waals surface area contributed by atoms with Crippen LogP contribution >= 0.6 is 27.5 Å². The Morgan fingerprint density at radius 2 is 1.58 bits per heavy atom. The summed E-state index contributed by atoms with van der Waals surface area (Å²) in [7, 11) is 0. The summed E-state index contributed by atoms with van der Waals surface area (Å²) >= 11 is 9.47. The van der Waals surface area contributed by atoms with Gasteiger partial charge in [0.1, 0.15) is 12.4 Å². The van der Waals surface area contributed by atoms with E-state index < -0.39 is 0 Å². The number of nitrogens with zero attached hydrogens (tertiary/aromatic N) is 3. The number of aryl methyl sites for hydroxylation is 1. The first kappa shape index (κ1) is 21.7. The molecule has 0 bridgehead atoms. The van der Waals surface area contributed by atoms with Crippen molar-refractivity contribution in [3.8, 4) is 28.1 Å². The Morgan fingerprint density at radius 3 is 2.27 bits per heavy atom. The summed E-state index contributed by atoms with van der Waals surface area (Å²) in [6, 6.07) is 26.0. The molecule has 0 aliphatic rings. The summed E-state index contributed by atoms with van der Waals surface area (Å²) in [5.41, 5.74) is 7.19. The molecule has 6 heteroatoms. The molecule has 0 saturated heterocycles. The van der Waals surface area contributed by atoms with Gasteiger partial charge in [0.05, 0.1) is 11.4 Å². The van der Waals surface area contributed by atoms with Gasteiger partial charge < -0.3 is 4.74 Å². The fourth-order valence-electron chi connectivity index (χ4n) is 3.84. The molecular weight excluding hydrogens is 498 g/mol. The number of ether oxygens (including phenoxy) is 1. The Bertz CT molecular complexity index is 1400. The van der Waals surface area contributed by atoms with Crippen molar-refractivity contribution in [2.75, 3.05) is 0 Å². The van der Waals surface area contributed by atoms with Crippen molar-refractivity contribution in [1.82, 2.24) is 14.6 Å². The quantitative estimate of drug-likeness (QED) is 0.232. The monoisotopic (exact) mass is 517 g/mol. The molecule has 164 valence electrons. The Balaban J connectivity index is 1.46. The van der Waals surface area contributed by atoms with Crippen LogP contribution in [0, 0.1) is 0 Å². The van der Waals surface area contributed by atoms with Crippen LogP contribution in [0.2, 0.25) is 5.02 Å². The highest BCUT2D eigenvalue weighted by Gasteiger charge is 2.17. The maximum Gasteiger partial charge on any atom is 0.163 e. The molecule has 0 aliphatic heterocycles. The van der Waals surface area contributed by atoms with Crippen molar-refractivity contribution < 1.29 is 4.74 Å².